The van der Waals surface area contributed by atoms with Crippen LogP contribution in [0.4, 0.5) is 0 Å². The van der Waals surface area contributed by atoms with Crippen molar-refractivity contribution in [2.45, 2.75) is 31.6 Å². The molecule has 4 heteroatoms. The Morgan fingerprint density at radius 2 is 1.96 bits per heavy atom. The lowest BCUT2D eigenvalue weighted by molar-refractivity contribution is 0.0983. The molecule has 1 fully saturated rings. The molecule has 0 aliphatic carbocycles. The number of nitrogens with zero attached hydrogens (tertiary/aromatic N) is 2. The summed E-state index contributed by atoms with van der Waals surface area (Å²) < 4.78 is 0. The molecule has 4 rings (SSSR count). The normalized spacial score (nSPS) is 16.2. The number of hydrogen-bond donors (Lipinski definition) is 1. The van der Waals surface area contributed by atoms with E-state index in [9.17, 15) is 4.79 Å². The lowest BCUT2D eigenvalue weighted by atomic mass is 9.89. The van der Waals surface area contributed by atoms with E-state index in [1.807, 2.05) is 24.3 Å². The summed E-state index contributed by atoms with van der Waals surface area (Å²) >= 11 is 0. The first kappa shape index (κ1) is 17.0. The van der Waals surface area contributed by atoms with Crippen LogP contribution < -0.4 is 0 Å². The topological polar surface area (TPSA) is 49.0 Å². The third-order valence-corrected chi connectivity index (χ3v) is 5.58. The molecule has 0 spiro atoms. The Morgan fingerprint density at radius 3 is 2.73 bits per heavy atom. The van der Waals surface area contributed by atoms with E-state index in [0.29, 0.717) is 12.3 Å². The lowest BCUT2D eigenvalue weighted by Crippen LogP contribution is -2.29. The molecular formula is C22H25N3O. The van der Waals surface area contributed by atoms with Crippen LogP contribution >= 0.6 is 0 Å². The van der Waals surface area contributed by atoms with Crippen molar-refractivity contribution in [2.24, 2.45) is 0 Å². The number of hydrogen-bond acceptors (Lipinski definition) is 3. The van der Waals surface area contributed by atoms with Gasteiger partial charge in [-0.3, -0.25) is 9.78 Å². The van der Waals surface area contributed by atoms with Gasteiger partial charge < -0.3 is 9.88 Å². The number of benzene rings is 1. The van der Waals surface area contributed by atoms with Crippen LogP contribution in [0.25, 0.3) is 10.9 Å². The van der Waals surface area contributed by atoms with Crippen molar-refractivity contribution >= 4 is 16.7 Å². The van der Waals surface area contributed by atoms with E-state index in [4.69, 9.17) is 0 Å². The number of Topliss-reactive ketones (excluding diaryl/α,β-unsaturated/α-hetero) is 1. The van der Waals surface area contributed by atoms with Crippen LogP contribution in [-0.4, -0.2) is 40.8 Å². The maximum Gasteiger partial charge on any atom is 0.163 e. The molecule has 0 saturated carbocycles. The second kappa shape index (κ2) is 7.42. The molecule has 134 valence electrons. The Kier molecular flexibility index (Phi) is 4.85. The fraction of sp³-hybridized carbons (Fsp3) is 0.364. The Morgan fingerprint density at radius 1 is 1.19 bits per heavy atom. The number of likely N-dealkylation sites (tertiary alicyclic amines) is 1. The van der Waals surface area contributed by atoms with Crippen molar-refractivity contribution in [3.05, 3.63) is 65.6 Å². The van der Waals surface area contributed by atoms with E-state index >= 15 is 0 Å². The van der Waals surface area contributed by atoms with Gasteiger partial charge in [0.05, 0.1) is 0 Å². The highest BCUT2D eigenvalue weighted by Gasteiger charge is 2.21. The van der Waals surface area contributed by atoms with Crippen LogP contribution in [0.3, 0.4) is 0 Å². The lowest BCUT2D eigenvalue weighted by Gasteiger charge is -2.28. The number of aromatic nitrogens is 2. The van der Waals surface area contributed by atoms with Crippen LogP contribution in [0.5, 0.6) is 0 Å². The fourth-order valence-corrected chi connectivity index (χ4v) is 3.92. The van der Waals surface area contributed by atoms with Crippen LogP contribution in [0.2, 0.25) is 0 Å². The summed E-state index contributed by atoms with van der Waals surface area (Å²) in [7, 11) is 2.19. The minimum absolute atomic E-state index is 0.208. The zero-order chi connectivity index (χ0) is 17.9. The van der Waals surface area contributed by atoms with Gasteiger partial charge in [-0.25, -0.2) is 0 Å². The van der Waals surface area contributed by atoms with Crippen molar-refractivity contribution in [3.63, 3.8) is 0 Å². The molecule has 26 heavy (non-hydrogen) atoms. The molecule has 4 nitrogen and oxygen atoms in total. The molecule has 0 atom stereocenters. The Bertz CT molecular complexity index is 892. The van der Waals surface area contributed by atoms with Crippen molar-refractivity contribution in [3.8, 4) is 0 Å². The van der Waals surface area contributed by atoms with Crippen LogP contribution in [-0.2, 0) is 6.42 Å². The minimum atomic E-state index is 0.208. The van der Waals surface area contributed by atoms with Crippen molar-refractivity contribution in [2.75, 3.05) is 20.1 Å². The molecular weight excluding hydrogens is 322 g/mol. The smallest absolute Gasteiger partial charge is 0.163 e. The van der Waals surface area contributed by atoms with Crippen LogP contribution in [0.15, 0.2) is 48.9 Å². The van der Waals surface area contributed by atoms with Gasteiger partial charge in [-0.1, -0.05) is 0 Å². The van der Waals surface area contributed by atoms with Crippen molar-refractivity contribution < 1.29 is 4.79 Å². The number of piperidine rings is 1. The monoisotopic (exact) mass is 347 g/mol. The maximum absolute atomic E-state index is 12.7. The number of ketones is 1. The van der Waals surface area contributed by atoms with Gasteiger partial charge in [0, 0.05) is 41.5 Å². The quantitative estimate of drug-likeness (QED) is 0.704. The molecule has 1 aliphatic rings. The van der Waals surface area contributed by atoms with Gasteiger partial charge in [0.1, 0.15) is 0 Å². The molecule has 0 bridgehead atoms. The number of carbonyl (C=O) groups excluding carboxylic acids is 1. The molecule has 0 amide bonds. The number of carbonyl (C=O) groups is 1. The second-order valence-corrected chi connectivity index (χ2v) is 7.36. The van der Waals surface area contributed by atoms with Gasteiger partial charge in [-0.2, -0.15) is 0 Å². The summed E-state index contributed by atoms with van der Waals surface area (Å²) in [6.07, 6.45) is 9.36. The number of fused-ring (bicyclic) bond motifs is 1. The van der Waals surface area contributed by atoms with Crippen LogP contribution in [0, 0.1) is 0 Å². The first-order chi connectivity index (χ1) is 12.7. The summed E-state index contributed by atoms with van der Waals surface area (Å²) in [5.41, 5.74) is 4.48. The molecule has 2 aromatic heterocycles. The van der Waals surface area contributed by atoms with E-state index in [2.05, 4.69) is 34.2 Å². The minimum Gasteiger partial charge on any atom is -0.361 e. The number of aryl methyl sites for hydroxylation is 1. The third kappa shape index (κ3) is 3.56. The predicted molar refractivity (Wildman–Crippen MR) is 105 cm³/mol. The molecule has 1 N–H and O–H groups in total. The second-order valence-electron chi connectivity index (χ2n) is 7.36. The Balaban J connectivity index is 1.53. The van der Waals surface area contributed by atoms with Gasteiger partial charge in [0.15, 0.2) is 5.78 Å². The Hall–Kier alpha value is -2.46. The summed E-state index contributed by atoms with van der Waals surface area (Å²) in [5.74, 6) is 0.793. The summed E-state index contributed by atoms with van der Waals surface area (Å²) in [4.78, 5) is 22.5. The molecule has 0 radical (unpaired) electrons. The third-order valence-electron chi connectivity index (χ3n) is 5.58. The highest BCUT2D eigenvalue weighted by molar-refractivity contribution is 6.00. The molecule has 3 heterocycles. The van der Waals surface area contributed by atoms with Crippen molar-refractivity contribution in [1.82, 2.24) is 14.9 Å². The Labute approximate surface area is 154 Å². The van der Waals surface area contributed by atoms with Gasteiger partial charge >= 0.3 is 0 Å². The molecule has 0 unspecified atom stereocenters. The predicted octanol–water partition coefficient (Wildman–Crippen LogP) is 4.19. The van der Waals surface area contributed by atoms with Crippen LogP contribution in [0.1, 0.15) is 46.7 Å². The fourth-order valence-electron chi connectivity index (χ4n) is 3.92. The zero-order valence-corrected chi connectivity index (χ0v) is 15.2. The average molecular weight is 347 g/mol. The number of nitrogens with one attached hydrogen (secondary N) is 1. The van der Waals surface area contributed by atoms with E-state index in [1.165, 1.54) is 23.8 Å². The van der Waals surface area contributed by atoms with E-state index in [-0.39, 0.29) is 5.78 Å². The van der Waals surface area contributed by atoms with Gasteiger partial charge in [0.2, 0.25) is 0 Å². The number of pyridine rings is 1. The molecule has 3 aromatic rings. The SMILES string of the molecule is CN1CCC(c2c[nH]c3ccc(C(=O)CCc4ccncc4)cc23)CC1. The highest BCUT2D eigenvalue weighted by atomic mass is 16.1. The van der Waals surface area contributed by atoms with Gasteiger partial charge in [0.25, 0.3) is 0 Å². The maximum atomic E-state index is 12.7. The number of rotatable bonds is 5. The zero-order valence-electron chi connectivity index (χ0n) is 15.2. The van der Waals surface area contributed by atoms with E-state index in [0.717, 1.165) is 36.2 Å². The summed E-state index contributed by atoms with van der Waals surface area (Å²) in [6, 6.07) is 10.0. The summed E-state index contributed by atoms with van der Waals surface area (Å²) in [6.45, 7) is 2.28. The standard InChI is InChI=1S/C22H25N3O/c1-25-12-8-17(9-13-25)20-15-24-21-4-3-18(14-19(20)21)22(26)5-2-16-6-10-23-11-7-16/h3-4,6-7,10-11,14-15,17,24H,2,5,8-9,12-13H2,1H3. The molecule has 1 saturated heterocycles. The molecule has 1 aromatic carbocycles. The first-order valence-corrected chi connectivity index (χ1v) is 9.42. The highest BCUT2D eigenvalue weighted by Crippen LogP contribution is 2.33. The van der Waals surface area contributed by atoms with E-state index < -0.39 is 0 Å². The molecule has 1 aliphatic heterocycles. The van der Waals surface area contributed by atoms with Gasteiger partial charge in [-0.15, -0.1) is 0 Å². The number of H-pyrrole nitrogens is 1. The first-order valence-electron chi connectivity index (χ1n) is 9.42. The van der Waals surface area contributed by atoms with E-state index in [1.54, 1.807) is 12.4 Å². The average Bonchev–Trinajstić information content (AvgIpc) is 3.11. The van der Waals surface area contributed by atoms with Gasteiger partial charge in [-0.05, 0) is 86.8 Å². The van der Waals surface area contributed by atoms with Crippen molar-refractivity contribution in [1.29, 1.82) is 0 Å². The number of aromatic amines is 1. The largest absolute Gasteiger partial charge is 0.361 e. The summed E-state index contributed by atoms with van der Waals surface area (Å²) in [5, 5.41) is 1.22.